The van der Waals surface area contributed by atoms with Crippen LogP contribution in [0.15, 0.2) is 16.9 Å². The predicted octanol–water partition coefficient (Wildman–Crippen LogP) is 4.52. The van der Waals surface area contributed by atoms with E-state index in [1.54, 1.807) is 6.20 Å². The van der Waals surface area contributed by atoms with Crippen molar-refractivity contribution in [2.24, 2.45) is 0 Å². The molecule has 0 saturated carbocycles. The molecule has 106 valence electrons. The van der Waals surface area contributed by atoms with Crippen LogP contribution in [0, 0.1) is 10.1 Å². The molecule has 1 atom stereocenters. The van der Waals surface area contributed by atoms with Crippen molar-refractivity contribution in [2.75, 3.05) is 5.32 Å². The number of anilines is 1. The zero-order chi connectivity index (χ0) is 14.3. The van der Waals surface area contributed by atoms with Crippen LogP contribution in [-0.2, 0) is 0 Å². The minimum absolute atomic E-state index is 0.0203. The van der Waals surface area contributed by atoms with Gasteiger partial charge >= 0.3 is 5.69 Å². The molecule has 5 nitrogen and oxygen atoms in total. The second kappa shape index (κ2) is 8.09. The van der Waals surface area contributed by atoms with Crippen molar-refractivity contribution < 1.29 is 4.92 Å². The summed E-state index contributed by atoms with van der Waals surface area (Å²) in [5, 5.41) is 14.3. The smallest absolute Gasteiger partial charge is 0.311 e. The number of halogens is 1. The highest BCUT2D eigenvalue weighted by atomic mass is 79.9. The maximum absolute atomic E-state index is 11.0. The molecule has 1 aromatic heterocycles. The summed E-state index contributed by atoms with van der Waals surface area (Å²) >= 11 is 3.33. The van der Waals surface area contributed by atoms with Gasteiger partial charge in [0, 0.05) is 12.2 Å². The maximum Gasteiger partial charge on any atom is 0.311 e. The van der Waals surface area contributed by atoms with Crippen molar-refractivity contribution in [1.82, 2.24) is 4.98 Å². The van der Waals surface area contributed by atoms with Crippen LogP contribution >= 0.6 is 15.9 Å². The summed E-state index contributed by atoms with van der Waals surface area (Å²) in [6.45, 7) is 4.27. The van der Waals surface area contributed by atoms with Gasteiger partial charge < -0.3 is 5.32 Å². The van der Waals surface area contributed by atoms with Gasteiger partial charge in [-0.15, -0.1) is 0 Å². The minimum Gasteiger partial charge on any atom is -0.376 e. The van der Waals surface area contributed by atoms with E-state index in [9.17, 15) is 10.1 Å². The number of nitrogens with one attached hydrogen (secondary N) is 1. The van der Waals surface area contributed by atoms with Crippen LogP contribution in [0.5, 0.6) is 0 Å². The first-order chi connectivity index (χ1) is 9.10. The number of hydrogen-bond acceptors (Lipinski definition) is 4. The largest absolute Gasteiger partial charge is 0.376 e. The van der Waals surface area contributed by atoms with Gasteiger partial charge in [0.1, 0.15) is 11.9 Å². The van der Waals surface area contributed by atoms with Gasteiger partial charge in [0.15, 0.2) is 0 Å². The van der Waals surface area contributed by atoms with E-state index in [4.69, 9.17) is 0 Å². The summed E-state index contributed by atoms with van der Waals surface area (Å²) in [6.07, 6.45) is 8.20. The lowest BCUT2D eigenvalue weighted by atomic mass is 10.0. The molecule has 0 radical (unpaired) electrons. The van der Waals surface area contributed by atoms with E-state index in [0.29, 0.717) is 10.2 Å². The fourth-order valence-electron chi connectivity index (χ4n) is 2.00. The van der Waals surface area contributed by atoms with Crippen molar-refractivity contribution in [2.45, 2.75) is 52.0 Å². The van der Waals surface area contributed by atoms with E-state index >= 15 is 0 Å². The number of rotatable bonds is 8. The van der Waals surface area contributed by atoms with E-state index in [-0.39, 0.29) is 11.7 Å². The molecule has 0 aliphatic carbocycles. The van der Waals surface area contributed by atoms with Crippen molar-refractivity contribution in [3.8, 4) is 0 Å². The van der Waals surface area contributed by atoms with Gasteiger partial charge in [0.25, 0.3) is 0 Å². The van der Waals surface area contributed by atoms with Gasteiger partial charge in [-0.25, -0.2) is 0 Å². The van der Waals surface area contributed by atoms with Crippen molar-refractivity contribution >= 4 is 27.3 Å². The summed E-state index contributed by atoms with van der Waals surface area (Å²) in [5.41, 5.74) is 0.557. The Kier molecular flexibility index (Phi) is 6.77. The second-order valence-electron chi connectivity index (χ2n) is 4.54. The SMILES string of the molecule is CCCCC(CCC)Nc1c(Br)cncc1[N+](=O)[O-]. The molecule has 0 spiro atoms. The van der Waals surface area contributed by atoms with Crippen LogP contribution < -0.4 is 5.32 Å². The number of hydrogen-bond donors (Lipinski definition) is 1. The van der Waals surface area contributed by atoms with Gasteiger partial charge in [-0.2, -0.15) is 0 Å². The van der Waals surface area contributed by atoms with Gasteiger partial charge in [0.2, 0.25) is 0 Å². The van der Waals surface area contributed by atoms with E-state index < -0.39 is 4.92 Å². The summed E-state index contributed by atoms with van der Waals surface area (Å²) in [6, 6.07) is 0.266. The number of pyridine rings is 1. The molecule has 1 aromatic rings. The topological polar surface area (TPSA) is 68.1 Å². The highest BCUT2D eigenvalue weighted by Crippen LogP contribution is 2.32. The summed E-state index contributed by atoms with van der Waals surface area (Å²) in [4.78, 5) is 14.5. The third-order valence-electron chi connectivity index (χ3n) is 2.97. The standard InChI is InChI=1S/C13H20BrN3O2/c1-3-5-7-10(6-4-2)16-13-11(14)8-15-9-12(13)17(18)19/h8-10H,3-7H2,1-2H3,(H,15,16). The van der Waals surface area contributed by atoms with Gasteiger partial charge in [-0.3, -0.25) is 15.1 Å². The number of nitrogens with zero attached hydrogens (tertiary/aromatic N) is 2. The second-order valence-corrected chi connectivity index (χ2v) is 5.40. The zero-order valence-electron chi connectivity index (χ0n) is 11.4. The summed E-state index contributed by atoms with van der Waals surface area (Å²) < 4.78 is 0.638. The number of nitro groups is 1. The molecule has 0 aliphatic heterocycles. The fraction of sp³-hybridized carbons (Fsp3) is 0.615. The molecule has 0 aromatic carbocycles. The van der Waals surface area contributed by atoms with Crippen molar-refractivity contribution in [1.29, 1.82) is 0 Å². The van der Waals surface area contributed by atoms with Crippen LogP contribution in [0.2, 0.25) is 0 Å². The highest BCUT2D eigenvalue weighted by molar-refractivity contribution is 9.10. The van der Waals surface area contributed by atoms with Crippen LogP contribution in [0.1, 0.15) is 46.0 Å². The fourth-order valence-corrected chi connectivity index (χ4v) is 2.43. The lowest BCUT2D eigenvalue weighted by molar-refractivity contribution is -0.384. The van der Waals surface area contributed by atoms with Crippen LogP contribution in [0.25, 0.3) is 0 Å². The predicted molar refractivity (Wildman–Crippen MR) is 80.4 cm³/mol. The quantitative estimate of drug-likeness (QED) is 0.562. The molecule has 0 bridgehead atoms. The number of aromatic nitrogens is 1. The molecule has 0 saturated heterocycles. The van der Waals surface area contributed by atoms with E-state index in [2.05, 4.69) is 40.1 Å². The van der Waals surface area contributed by atoms with Crippen LogP contribution in [0.3, 0.4) is 0 Å². The molecular formula is C13H20BrN3O2. The van der Waals surface area contributed by atoms with E-state index in [0.717, 1.165) is 32.1 Å². The lowest BCUT2D eigenvalue weighted by Gasteiger charge is -2.19. The molecule has 0 aliphatic rings. The Bertz CT molecular complexity index is 426. The Labute approximate surface area is 122 Å². The third-order valence-corrected chi connectivity index (χ3v) is 3.57. The minimum atomic E-state index is -0.400. The van der Waals surface area contributed by atoms with Crippen LogP contribution in [-0.4, -0.2) is 15.9 Å². The monoisotopic (exact) mass is 329 g/mol. The van der Waals surface area contributed by atoms with Gasteiger partial charge in [-0.1, -0.05) is 33.1 Å². The summed E-state index contributed by atoms with van der Waals surface area (Å²) in [7, 11) is 0. The average Bonchev–Trinajstić information content (AvgIpc) is 2.38. The highest BCUT2D eigenvalue weighted by Gasteiger charge is 2.19. The Balaban J connectivity index is 2.91. The van der Waals surface area contributed by atoms with Crippen molar-refractivity contribution in [3.63, 3.8) is 0 Å². The van der Waals surface area contributed by atoms with Gasteiger partial charge in [0.05, 0.1) is 9.40 Å². The molecule has 19 heavy (non-hydrogen) atoms. The average molecular weight is 330 g/mol. The Hall–Kier alpha value is -1.17. The summed E-state index contributed by atoms with van der Waals surface area (Å²) in [5.74, 6) is 0. The molecule has 1 rings (SSSR count). The molecule has 1 N–H and O–H groups in total. The normalized spacial score (nSPS) is 12.2. The zero-order valence-corrected chi connectivity index (χ0v) is 12.9. The Morgan fingerprint density at radius 2 is 2.11 bits per heavy atom. The molecular weight excluding hydrogens is 310 g/mol. The molecule has 1 unspecified atom stereocenters. The van der Waals surface area contributed by atoms with Crippen molar-refractivity contribution in [3.05, 3.63) is 27.0 Å². The first kappa shape index (κ1) is 15.9. The van der Waals surface area contributed by atoms with E-state index in [1.165, 1.54) is 6.20 Å². The first-order valence-electron chi connectivity index (χ1n) is 6.64. The maximum atomic E-state index is 11.0. The molecule has 1 heterocycles. The first-order valence-corrected chi connectivity index (χ1v) is 7.43. The number of unbranched alkanes of at least 4 members (excludes halogenated alkanes) is 1. The third kappa shape index (κ3) is 4.78. The Morgan fingerprint density at radius 3 is 2.68 bits per heavy atom. The Morgan fingerprint density at radius 1 is 1.37 bits per heavy atom. The molecule has 6 heteroatoms. The van der Waals surface area contributed by atoms with E-state index in [1.807, 2.05) is 0 Å². The van der Waals surface area contributed by atoms with Gasteiger partial charge in [-0.05, 0) is 28.8 Å². The molecule has 0 fully saturated rings. The van der Waals surface area contributed by atoms with Crippen LogP contribution in [0.4, 0.5) is 11.4 Å². The molecule has 0 amide bonds. The lowest BCUT2D eigenvalue weighted by Crippen LogP contribution is -2.20.